The summed E-state index contributed by atoms with van der Waals surface area (Å²) in [5, 5.41) is 0. The Morgan fingerprint density at radius 1 is 1.29 bits per heavy atom. The Bertz CT molecular complexity index is 420. The molecule has 0 saturated carbocycles. The topological polar surface area (TPSA) is 83.8 Å². The fourth-order valence-corrected chi connectivity index (χ4v) is 1.85. The minimum absolute atomic E-state index is 0.189. The van der Waals surface area contributed by atoms with Gasteiger partial charge in [0.1, 0.15) is 0 Å². The van der Waals surface area contributed by atoms with Crippen LogP contribution in [0.4, 0.5) is 0 Å². The van der Waals surface area contributed by atoms with Gasteiger partial charge >= 0.3 is 13.6 Å². The number of hydrogen-bond acceptors (Lipinski definition) is 3. The molecule has 0 bridgehead atoms. The zero-order chi connectivity index (χ0) is 12.9. The van der Waals surface area contributed by atoms with Crippen LogP contribution in [0.2, 0.25) is 0 Å². The second-order valence-corrected chi connectivity index (χ2v) is 5.33. The summed E-state index contributed by atoms with van der Waals surface area (Å²) in [5.41, 5.74) is 1.22. The van der Waals surface area contributed by atoms with Gasteiger partial charge in [0.05, 0.1) is 18.3 Å². The first-order chi connectivity index (χ1) is 7.92. The van der Waals surface area contributed by atoms with Crippen LogP contribution in [0.5, 0.6) is 0 Å². The van der Waals surface area contributed by atoms with Crippen molar-refractivity contribution in [2.45, 2.75) is 13.3 Å². The van der Waals surface area contributed by atoms with Crippen molar-refractivity contribution in [2.24, 2.45) is 0 Å². The van der Waals surface area contributed by atoms with Crippen LogP contribution >= 0.6 is 7.60 Å². The van der Waals surface area contributed by atoms with E-state index in [1.807, 2.05) is 0 Å². The molecule has 0 atom stereocenters. The molecule has 0 aliphatic rings. The van der Waals surface area contributed by atoms with Crippen LogP contribution in [0, 0.1) is 0 Å². The molecule has 0 spiro atoms. The van der Waals surface area contributed by atoms with E-state index in [2.05, 4.69) is 0 Å². The predicted molar refractivity (Wildman–Crippen MR) is 63.0 cm³/mol. The van der Waals surface area contributed by atoms with Gasteiger partial charge in [0.2, 0.25) is 0 Å². The lowest BCUT2D eigenvalue weighted by Crippen LogP contribution is -2.04. The number of esters is 1. The molecular weight excluding hydrogens is 243 g/mol. The van der Waals surface area contributed by atoms with Gasteiger partial charge in [-0.3, -0.25) is 4.57 Å². The smallest absolute Gasteiger partial charge is 0.338 e. The molecule has 5 nitrogen and oxygen atoms in total. The van der Waals surface area contributed by atoms with Crippen molar-refractivity contribution in [3.05, 3.63) is 35.4 Å². The number of carbonyl (C=O) groups is 1. The molecule has 1 aromatic rings. The van der Waals surface area contributed by atoms with Gasteiger partial charge < -0.3 is 14.5 Å². The summed E-state index contributed by atoms with van der Waals surface area (Å²) in [5.74, 6) is -0.394. The summed E-state index contributed by atoms with van der Waals surface area (Å²) in [6, 6.07) is 6.52. The van der Waals surface area contributed by atoms with E-state index in [0.29, 0.717) is 12.2 Å². The summed E-state index contributed by atoms with van der Waals surface area (Å²) in [4.78, 5) is 28.8. The molecule has 17 heavy (non-hydrogen) atoms. The third kappa shape index (κ3) is 5.13. The van der Waals surface area contributed by atoms with E-state index in [1.54, 1.807) is 31.2 Å². The lowest BCUT2D eigenvalue weighted by Gasteiger charge is -2.05. The SMILES string of the molecule is CCOC(=O)c1ccc(CCP(=O)(O)O)cc1. The van der Waals surface area contributed by atoms with E-state index in [9.17, 15) is 9.36 Å². The molecule has 0 saturated heterocycles. The first kappa shape index (κ1) is 13.9. The molecule has 0 aliphatic carbocycles. The maximum atomic E-state index is 11.3. The molecule has 0 fully saturated rings. The molecule has 0 radical (unpaired) electrons. The van der Waals surface area contributed by atoms with Crippen molar-refractivity contribution in [1.29, 1.82) is 0 Å². The Morgan fingerprint density at radius 2 is 1.88 bits per heavy atom. The molecule has 1 aromatic carbocycles. The van der Waals surface area contributed by atoms with Crippen molar-refractivity contribution in [1.82, 2.24) is 0 Å². The summed E-state index contributed by atoms with van der Waals surface area (Å²) in [7, 11) is -3.96. The zero-order valence-electron chi connectivity index (χ0n) is 9.50. The number of carbonyl (C=O) groups excluding carboxylic acids is 1. The van der Waals surface area contributed by atoms with Crippen LogP contribution in [0.1, 0.15) is 22.8 Å². The standard InChI is InChI=1S/C11H15O5P/c1-2-16-11(12)10-5-3-9(4-6-10)7-8-17(13,14)15/h3-6H,2,7-8H2,1H3,(H2,13,14,15). The van der Waals surface area contributed by atoms with Gasteiger partial charge in [0.25, 0.3) is 0 Å². The normalized spacial score (nSPS) is 11.2. The molecule has 0 amide bonds. The summed E-state index contributed by atoms with van der Waals surface area (Å²) in [6.45, 7) is 2.05. The second-order valence-electron chi connectivity index (χ2n) is 3.56. The molecule has 2 N–H and O–H groups in total. The summed E-state index contributed by atoms with van der Waals surface area (Å²) in [6.07, 6.45) is 0.0964. The largest absolute Gasteiger partial charge is 0.462 e. The highest BCUT2D eigenvalue weighted by atomic mass is 31.2. The van der Waals surface area contributed by atoms with Gasteiger partial charge in [0.15, 0.2) is 0 Å². The van der Waals surface area contributed by atoms with Crippen molar-refractivity contribution in [2.75, 3.05) is 12.8 Å². The molecule has 0 heterocycles. The van der Waals surface area contributed by atoms with Crippen molar-refractivity contribution in [3.8, 4) is 0 Å². The van der Waals surface area contributed by atoms with Crippen LogP contribution in [-0.4, -0.2) is 28.5 Å². The van der Waals surface area contributed by atoms with Gasteiger partial charge in [0, 0.05) is 0 Å². The lowest BCUT2D eigenvalue weighted by atomic mass is 10.1. The Morgan fingerprint density at radius 3 is 2.35 bits per heavy atom. The van der Waals surface area contributed by atoms with Crippen LogP contribution in [0.3, 0.4) is 0 Å². The fourth-order valence-electron chi connectivity index (χ4n) is 1.30. The molecule has 0 aliphatic heterocycles. The second kappa shape index (κ2) is 5.96. The zero-order valence-corrected chi connectivity index (χ0v) is 10.4. The molecule has 1 rings (SSSR count). The average Bonchev–Trinajstić information content (AvgIpc) is 2.26. The Kier molecular flexibility index (Phi) is 4.87. The fraction of sp³-hybridized carbons (Fsp3) is 0.364. The maximum Gasteiger partial charge on any atom is 0.338 e. The summed E-state index contributed by atoms with van der Waals surface area (Å²) < 4.78 is 15.5. The van der Waals surface area contributed by atoms with E-state index in [0.717, 1.165) is 5.56 Å². The molecule has 94 valence electrons. The number of benzene rings is 1. The molecule has 0 aromatic heterocycles. The Balaban J connectivity index is 2.62. The van der Waals surface area contributed by atoms with Crippen LogP contribution in [-0.2, 0) is 15.7 Å². The van der Waals surface area contributed by atoms with Crippen LogP contribution < -0.4 is 0 Å². The highest BCUT2D eigenvalue weighted by Crippen LogP contribution is 2.34. The number of hydrogen-bond donors (Lipinski definition) is 2. The average molecular weight is 258 g/mol. The van der Waals surface area contributed by atoms with E-state index in [1.165, 1.54) is 0 Å². The van der Waals surface area contributed by atoms with Crippen LogP contribution in [0.25, 0.3) is 0 Å². The predicted octanol–water partition coefficient (Wildman–Crippen LogP) is 1.58. The van der Waals surface area contributed by atoms with Gasteiger partial charge in [-0.15, -0.1) is 0 Å². The molecule has 6 heteroatoms. The Labute approximate surface area is 99.6 Å². The van der Waals surface area contributed by atoms with E-state index >= 15 is 0 Å². The van der Waals surface area contributed by atoms with Crippen molar-refractivity contribution < 1.29 is 23.9 Å². The highest BCUT2D eigenvalue weighted by Gasteiger charge is 2.12. The minimum Gasteiger partial charge on any atom is -0.462 e. The third-order valence-corrected chi connectivity index (χ3v) is 2.96. The highest BCUT2D eigenvalue weighted by molar-refractivity contribution is 7.51. The van der Waals surface area contributed by atoms with E-state index in [-0.39, 0.29) is 12.6 Å². The van der Waals surface area contributed by atoms with Crippen LogP contribution in [0.15, 0.2) is 24.3 Å². The van der Waals surface area contributed by atoms with Gasteiger partial charge in [-0.05, 0) is 31.0 Å². The first-order valence-corrected chi connectivity index (χ1v) is 7.03. The van der Waals surface area contributed by atoms with E-state index < -0.39 is 13.6 Å². The van der Waals surface area contributed by atoms with Crippen molar-refractivity contribution >= 4 is 13.6 Å². The number of rotatable bonds is 5. The molecule has 0 unspecified atom stereocenters. The number of ether oxygens (including phenoxy) is 1. The quantitative estimate of drug-likeness (QED) is 0.618. The number of aryl methyl sites for hydroxylation is 1. The monoisotopic (exact) mass is 258 g/mol. The van der Waals surface area contributed by atoms with Gasteiger partial charge in [-0.2, -0.15) is 0 Å². The van der Waals surface area contributed by atoms with Crippen molar-refractivity contribution in [3.63, 3.8) is 0 Å². The minimum atomic E-state index is -3.96. The van der Waals surface area contributed by atoms with Gasteiger partial charge in [-0.1, -0.05) is 12.1 Å². The Hall–Kier alpha value is -1.16. The third-order valence-electron chi connectivity index (χ3n) is 2.16. The summed E-state index contributed by atoms with van der Waals surface area (Å²) >= 11 is 0. The lowest BCUT2D eigenvalue weighted by molar-refractivity contribution is 0.0526. The van der Waals surface area contributed by atoms with E-state index in [4.69, 9.17) is 14.5 Å². The first-order valence-electron chi connectivity index (χ1n) is 5.23. The molecular formula is C11H15O5P. The maximum absolute atomic E-state index is 11.3. The van der Waals surface area contributed by atoms with Gasteiger partial charge in [-0.25, -0.2) is 4.79 Å².